The summed E-state index contributed by atoms with van der Waals surface area (Å²) < 4.78 is 0. The third-order valence-corrected chi connectivity index (χ3v) is 4.12. The van der Waals surface area contributed by atoms with Gasteiger partial charge in [-0.15, -0.1) is 0 Å². The molecule has 0 unspecified atom stereocenters. The molecule has 0 heterocycles. The Morgan fingerprint density at radius 3 is 2.32 bits per heavy atom. The molecule has 0 radical (unpaired) electrons. The summed E-state index contributed by atoms with van der Waals surface area (Å²) in [6.07, 6.45) is 0.303. The van der Waals surface area contributed by atoms with Gasteiger partial charge in [0.1, 0.15) is 0 Å². The predicted octanol–water partition coefficient (Wildman–Crippen LogP) is 3.36. The molecular weight excluding hydrogens is 312 g/mol. The smallest absolute Gasteiger partial charge is 0.222 e. The molecular formula is C21H26N2O2. The summed E-state index contributed by atoms with van der Waals surface area (Å²) in [6.45, 7) is 7.06. The first-order valence-corrected chi connectivity index (χ1v) is 8.57. The van der Waals surface area contributed by atoms with Crippen molar-refractivity contribution in [1.82, 2.24) is 10.2 Å². The SMILES string of the molecule is CC(=O)N(CCC(=O)NCc1cccc(C)c1)Cc1ccc(C)cc1. The molecule has 0 saturated heterocycles. The van der Waals surface area contributed by atoms with E-state index in [2.05, 4.69) is 11.4 Å². The Labute approximate surface area is 149 Å². The molecule has 0 atom stereocenters. The maximum atomic E-state index is 12.1. The Morgan fingerprint density at radius 1 is 0.960 bits per heavy atom. The first kappa shape index (κ1) is 18.7. The molecule has 0 aliphatic heterocycles. The molecule has 0 saturated carbocycles. The third kappa shape index (κ3) is 6.42. The molecule has 0 aliphatic rings. The number of rotatable bonds is 7. The van der Waals surface area contributed by atoms with Gasteiger partial charge in [0, 0.05) is 33.0 Å². The largest absolute Gasteiger partial charge is 0.352 e. The van der Waals surface area contributed by atoms with E-state index < -0.39 is 0 Å². The summed E-state index contributed by atoms with van der Waals surface area (Å²) in [5.41, 5.74) is 4.51. The molecule has 4 nitrogen and oxygen atoms in total. The first-order chi connectivity index (χ1) is 11.9. The van der Waals surface area contributed by atoms with Gasteiger partial charge < -0.3 is 10.2 Å². The molecule has 2 amide bonds. The van der Waals surface area contributed by atoms with Gasteiger partial charge in [-0.05, 0) is 25.0 Å². The number of aryl methyl sites for hydroxylation is 2. The molecule has 0 aliphatic carbocycles. The van der Waals surface area contributed by atoms with Gasteiger partial charge in [0.25, 0.3) is 0 Å². The molecule has 0 fully saturated rings. The number of hydrogen-bond acceptors (Lipinski definition) is 2. The van der Waals surface area contributed by atoms with Crippen LogP contribution in [0.5, 0.6) is 0 Å². The standard InChI is InChI=1S/C21H26N2O2/c1-16-7-9-19(10-8-16)15-23(18(3)24)12-11-21(25)22-14-20-6-4-5-17(2)13-20/h4-10,13H,11-12,14-15H2,1-3H3,(H,22,25). The van der Waals surface area contributed by atoms with Gasteiger partial charge in [-0.1, -0.05) is 59.7 Å². The second-order valence-electron chi connectivity index (χ2n) is 6.44. The molecule has 0 aromatic heterocycles. The average molecular weight is 338 g/mol. The van der Waals surface area contributed by atoms with E-state index in [4.69, 9.17) is 0 Å². The van der Waals surface area contributed by atoms with Crippen molar-refractivity contribution in [3.05, 3.63) is 70.8 Å². The minimum Gasteiger partial charge on any atom is -0.352 e. The van der Waals surface area contributed by atoms with Crippen LogP contribution in [-0.2, 0) is 22.7 Å². The molecule has 25 heavy (non-hydrogen) atoms. The molecule has 2 rings (SSSR count). The summed E-state index contributed by atoms with van der Waals surface area (Å²) >= 11 is 0. The van der Waals surface area contributed by atoms with E-state index in [-0.39, 0.29) is 11.8 Å². The summed E-state index contributed by atoms with van der Waals surface area (Å²) in [6, 6.07) is 16.2. The zero-order valence-corrected chi connectivity index (χ0v) is 15.2. The number of amides is 2. The van der Waals surface area contributed by atoms with Crippen LogP contribution >= 0.6 is 0 Å². The monoisotopic (exact) mass is 338 g/mol. The van der Waals surface area contributed by atoms with Gasteiger partial charge in [0.15, 0.2) is 0 Å². The van der Waals surface area contributed by atoms with Crippen LogP contribution in [0.2, 0.25) is 0 Å². The molecule has 0 bridgehead atoms. The topological polar surface area (TPSA) is 49.4 Å². The van der Waals surface area contributed by atoms with Gasteiger partial charge in [0.2, 0.25) is 11.8 Å². The number of hydrogen-bond donors (Lipinski definition) is 1. The lowest BCUT2D eigenvalue weighted by atomic mass is 10.1. The number of nitrogens with one attached hydrogen (secondary N) is 1. The van der Waals surface area contributed by atoms with E-state index >= 15 is 0 Å². The Hall–Kier alpha value is -2.62. The summed E-state index contributed by atoms with van der Waals surface area (Å²) in [7, 11) is 0. The zero-order chi connectivity index (χ0) is 18.2. The van der Waals surface area contributed by atoms with E-state index in [1.807, 2.05) is 56.3 Å². The van der Waals surface area contributed by atoms with E-state index in [1.165, 1.54) is 11.1 Å². The fourth-order valence-corrected chi connectivity index (χ4v) is 2.61. The van der Waals surface area contributed by atoms with Crippen LogP contribution in [0.1, 0.15) is 35.6 Å². The molecule has 2 aromatic rings. The van der Waals surface area contributed by atoms with Gasteiger partial charge in [-0.25, -0.2) is 0 Å². The number of benzene rings is 2. The lowest BCUT2D eigenvalue weighted by Crippen LogP contribution is -2.33. The van der Waals surface area contributed by atoms with Crippen LogP contribution in [0, 0.1) is 13.8 Å². The average Bonchev–Trinajstić information content (AvgIpc) is 2.58. The first-order valence-electron chi connectivity index (χ1n) is 8.57. The molecule has 0 spiro atoms. The van der Waals surface area contributed by atoms with Crippen LogP contribution in [0.4, 0.5) is 0 Å². The molecule has 2 aromatic carbocycles. The normalized spacial score (nSPS) is 10.4. The number of carbonyl (C=O) groups is 2. The third-order valence-electron chi connectivity index (χ3n) is 4.12. The lowest BCUT2D eigenvalue weighted by molar-refractivity contribution is -0.130. The second-order valence-corrected chi connectivity index (χ2v) is 6.44. The number of nitrogens with zero attached hydrogens (tertiary/aromatic N) is 1. The van der Waals surface area contributed by atoms with Crippen molar-refractivity contribution in [2.45, 2.75) is 40.3 Å². The summed E-state index contributed by atoms with van der Waals surface area (Å²) in [5, 5.41) is 2.91. The fourth-order valence-electron chi connectivity index (χ4n) is 2.61. The van der Waals surface area contributed by atoms with E-state index in [0.29, 0.717) is 26.1 Å². The highest BCUT2D eigenvalue weighted by atomic mass is 16.2. The Kier molecular flexibility index (Phi) is 6.75. The van der Waals surface area contributed by atoms with E-state index in [1.54, 1.807) is 11.8 Å². The second kappa shape index (κ2) is 9.02. The van der Waals surface area contributed by atoms with E-state index in [9.17, 15) is 9.59 Å². The Bertz CT molecular complexity index is 723. The quantitative estimate of drug-likeness (QED) is 0.841. The van der Waals surface area contributed by atoms with Crippen molar-refractivity contribution in [3.63, 3.8) is 0 Å². The van der Waals surface area contributed by atoms with Crippen molar-refractivity contribution in [2.75, 3.05) is 6.54 Å². The van der Waals surface area contributed by atoms with Gasteiger partial charge in [0.05, 0.1) is 0 Å². The minimum atomic E-state index is -0.0448. The van der Waals surface area contributed by atoms with Crippen molar-refractivity contribution >= 4 is 11.8 Å². The van der Waals surface area contributed by atoms with Crippen molar-refractivity contribution < 1.29 is 9.59 Å². The Balaban J connectivity index is 1.82. The lowest BCUT2D eigenvalue weighted by Gasteiger charge is -2.21. The van der Waals surface area contributed by atoms with Gasteiger partial charge in [-0.3, -0.25) is 9.59 Å². The fraction of sp³-hybridized carbons (Fsp3) is 0.333. The molecule has 1 N–H and O–H groups in total. The highest BCUT2D eigenvalue weighted by molar-refractivity contribution is 5.78. The molecule has 4 heteroatoms. The summed E-state index contributed by atoms with van der Waals surface area (Å²) in [4.78, 5) is 25.6. The maximum Gasteiger partial charge on any atom is 0.222 e. The van der Waals surface area contributed by atoms with Crippen molar-refractivity contribution in [2.24, 2.45) is 0 Å². The highest BCUT2D eigenvalue weighted by Gasteiger charge is 2.12. The van der Waals surface area contributed by atoms with Crippen LogP contribution in [0.15, 0.2) is 48.5 Å². The van der Waals surface area contributed by atoms with Crippen LogP contribution in [0.25, 0.3) is 0 Å². The maximum absolute atomic E-state index is 12.1. The van der Waals surface area contributed by atoms with Gasteiger partial charge in [-0.2, -0.15) is 0 Å². The number of carbonyl (C=O) groups excluding carboxylic acids is 2. The molecule has 132 valence electrons. The van der Waals surface area contributed by atoms with Crippen LogP contribution in [-0.4, -0.2) is 23.3 Å². The van der Waals surface area contributed by atoms with Crippen LogP contribution < -0.4 is 5.32 Å². The Morgan fingerprint density at radius 2 is 1.68 bits per heavy atom. The summed E-state index contributed by atoms with van der Waals surface area (Å²) in [5.74, 6) is -0.0660. The minimum absolute atomic E-state index is 0.0212. The van der Waals surface area contributed by atoms with Crippen LogP contribution in [0.3, 0.4) is 0 Å². The zero-order valence-electron chi connectivity index (χ0n) is 15.2. The highest BCUT2D eigenvalue weighted by Crippen LogP contribution is 2.08. The van der Waals surface area contributed by atoms with Crippen molar-refractivity contribution in [3.8, 4) is 0 Å². The van der Waals surface area contributed by atoms with Gasteiger partial charge >= 0.3 is 0 Å². The predicted molar refractivity (Wildman–Crippen MR) is 99.9 cm³/mol. The van der Waals surface area contributed by atoms with Crippen molar-refractivity contribution in [1.29, 1.82) is 0 Å². The van der Waals surface area contributed by atoms with E-state index in [0.717, 1.165) is 11.1 Å².